The maximum absolute atomic E-state index is 13.7. The summed E-state index contributed by atoms with van der Waals surface area (Å²) >= 11 is 0. The summed E-state index contributed by atoms with van der Waals surface area (Å²) in [4.78, 5) is 4.74. The van der Waals surface area contributed by atoms with Crippen LogP contribution in [0.3, 0.4) is 0 Å². The molecule has 132 valence electrons. The average molecular weight is 357 g/mol. The molecule has 0 spiro atoms. The largest absolute Gasteiger partial charge is 0.248 e. The van der Waals surface area contributed by atoms with Gasteiger partial charge in [-0.25, -0.2) is 13.8 Å². The Hall–Kier alpha value is -3.33. The molecule has 0 aliphatic carbocycles. The first-order valence-electron chi connectivity index (χ1n) is 8.69. The number of pyridine rings is 1. The predicted molar refractivity (Wildman–Crippen MR) is 105 cm³/mol. The predicted octanol–water partition coefficient (Wildman–Crippen LogP) is 6.67. The van der Waals surface area contributed by atoms with Crippen molar-refractivity contribution in [1.29, 1.82) is 0 Å². The van der Waals surface area contributed by atoms with Gasteiger partial charge in [-0.1, -0.05) is 48.0 Å². The first-order chi connectivity index (χ1) is 13.1. The van der Waals surface area contributed by atoms with E-state index < -0.39 is 0 Å². The average Bonchev–Trinajstić information content (AvgIpc) is 2.68. The van der Waals surface area contributed by atoms with Crippen LogP contribution >= 0.6 is 0 Å². The van der Waals surface area contributed by atoms with E-state index in [0.29, 0.717) is 11.3 Å². The van der Waals surface area contributed by atoms with E-state index in [0.717, 1.165) is 27.9 Å². The van der Waals surface area contributed by atoms with Gasteiger partial charge >= 0.3 is 0 Å². The Bertz CT molecular complexity index is 965. The molecule has 0 amide bonds. The number of aryl methyl sites for hydroxylation is 1. The third-order valence-corrected chi connectivity index (χ3v) is 4.42. The van der Waals surface area contributed by atoms with Crippen molar-refractivity contribution < 1.29 is 8.78 Å². The molecule has 4 rings (SSSR count). The fourth-order valence-corrected chi connectivity index (χ4v) is 3.11. The molecule has 0 unspecified atom stereocenters. The van der Waals surface area contributed by atoms with Gasteiger partial charge in [-0.2, -0.15) is 0 Å². The lowest BCUT2D eigenvalue weighted by Crippen LogP contribution is -1.92. The molecular formula is C24H17F2N. The van der Waals surface area contributed by atoms with Crippen molar-refractivity contribution in [2.24, 2.45) is 0 Å². The van der Waals surface area contributed by atoms with Crippen LogP contribution in [0.5, 0.6) is 0 Å². The molecule has 0 radical (unpaired) electrons. The first-order valence-corrected chi connectivity index (χ1v) is 8.69. The molecule has 3 heteroatoms. The molecule has 1 heterocycles. The number of benzene rings is 3. The highest BCUT2D eigenvalue weighted by Crippen LogP contribution is 2.31. The number of nitrogens with zero attached hydrogens (tertiary/aromatic N) is 1. The van der Waals surface area contributed by atoms with Crippen molar-refractivity contribution in [1.82, 2.24) is 4.98 Å². The van der Waals surface area contributed by atoms with Gasteiger partial charge in [-0.15, -0.1) is 0 Å². The number of hydrogen-bond donors (Lipinski definition) is 0. The quantitative estimate of drug-likeness (QED) is 0.399. The minimum Gasteiger partial charge on any atom is -0.248 e. The Labute approximate surface area is 157 Å². The Morgan fingerprint density at radius 1 is 0.556 bits per heavy atom. The Morgan fingerprint density at radius 3 is 1.67 bits per heavy atom. The summed E-state index contributed by atoms with van der Waals surface area (Å²) in [6, 6.07) is 24.6. The van der Waals surface area contributed by atoms with Crippen LogP contribution in [0.1, 0.15) is 5.56 Å². The minimum absolute atomic E-state index is 0.297. The van der Waals surface area contributed by atoms with Crippen molar-refractivity contribution in [2.45, 2.75) is 6.92 Å². The molecule has 0 saturated carbocycles. The monoisotopic (exact) mass is 357 g/mol. The van der Waals surface area contributed by atoms with E-state index in [4.69, 9.17) is 4.98 Å². The smallest absolute Gasteiger partial charge is 0.123 e. The lowest BCUT2D eigenvalue weighted by atomic mass is 9.99. The fraction of sp³-hybridized carbons (Fsp3) is 0.0417. The fourth-order valence-electron chi connectivity index (χ4n) is 3.11. The van der Waals surface area contributed by atoms with E-state index in [9.17, 15) is 8.78 Å². The van der Waals surface area contributed by atoms with Crippen molar-refractivity contribution in [3.05, 3.63) is 102 Å². The molecule has 0 saturated heterocycles. The molecule has 0 N–H and O–H groups in total. The van der Waals surface area contributed by atoms with Gasteiger partial charge in [0.15, 0.2) is 0 Å². The zero-order valence-electron chi connectivity index (χ0n) is 14.8. The highest BCUT2D eigenvalue weighted by molar-refractivity contribution is 5.76. The van der Waals surface area contributed by atoms with E-state index in [2.05, 4.69) is 0 Å². The lowest BCUT2D eigenvalue weighted by molar-refractivity contribution is 0.628. The number of rotatable bonds is 3. The topological polar surface area (TPSA) is 12.9 Å². The van der Waals surface area contributed by atoms with E-state index in [-0.39, 0.29) is 11.6 Å². The normalized spacial score (nSPS) is 10.8. The summed E-state index contributed by atoms with van der Waals surface area (Å²) in [5, 5.41) is 0. The van der Waals surface area contributed by atoms with E-state index in [1.807, 2.05) is 55.5 Å². The molecule has 27 heavy (non-hydrogen) atoms. The molecule has 3 aromatic carbocycles. The van der Waals surface area contributed by atoms with Gasteiger partial charge < -0.3 is 0 Å². The van der Waals surface area contributed by atoms with Crippen molar-refractivity contribution in [2.75, 3.05) is 0 Å². The van der Waals surface area contributed by atoms with Gasteiger partial charge in [0.2, 0.25) is 0 Å². The van der Waals surface area contributed by atoms with Crippen molar-refractivity contribution >= 4 is 0 Å². The molecule has 0 aliphatic rings. The first kappa shape index (κ1) is 17.1. The van der Waals surface area contributed by atoms with Crippen molar-refractivity contribution in [3.8, 4) is 33.6 Å². The van der Waals surface area contributed by atoms with E-state index in [1.54, 1.807) is 12.1 Å². The summed E-state index contributed by atoms with van der Waals surface area (Å²) in [6.07, 6.45) is 0. The number of halogens is 2. The minimum atomic E-state index is -0.317. The second-order valence-corrected chi connectivity index (χ2v) is 6.52. The van der Waals surface area contributed by atoms with Gasteiger partial charge in [0.25, 0.3) is 0 Å². The summed E-state index contributed by atoms with van der Waals surface area (Å²) in [6.45, 7) is 2.02. The van der Waals surface area contributed by atoms with Gasteiger partial charge in [0.05, 0.1) is 11.4 Å². The summed E-state index contributed by atoms with van der Waals surface area (Å²) in [5.41, 5.74) is 5.77. The number of aromatic nitrogens is 1. The molecule has 4 aromatic rings. The summed E-state index contributed by atoms with van der Waals surface area (Å²) in [7, 11) is 0. The summed E-state index contributed by atoms with van der Waals surface area (Å²) < 4.78 is 27.5. The van der Waals surface area contributed by atoms with Gasteiger partial charge in [-0.05, 0) is 60.5 Å². The van der Waals surface area contributed by atoms with Crippen molar-refractivity contribution in [3.63, 3.8) is 0 Å². The highest BCUT2D eigenvalue weighted by atomic mass is 19.1. The maximum atomic E-state index is 13.7. The molecule has 0 atom stereocenters. The van der Waals surface area contributed by atoms with Gasteiger partial charge in [0.1, 0.15) is 11.6 Å². The van der Waals surface area contributed by atoms with Crippen LogP contribution in [0, 0.1) is 18.6 Å². The molecule has 1 nitrogen and oxygen atoms in total. The van der Waals surface area contributed by atoms with Crippen LogP contribution in [0.15, 0.2) is 84.9 Å². The van der Waals surface area contributed by atoms with Gasteiger partial charge in [0, 0.05) is 11.1 Å². The third kappa shape index (κ3) is 3.77. The van der Waals surface area contributed by atoms with Crippen LogP contribution in [0.4, 0.5) is 8.78 Å². The zero-order chi connectivity index (χ0) is 18.8. The Morgan fingerprint density at radius 2 is 1.07 bits per heavy atom. The van der Waals surface area contributed by atoms with Gasteiger partial charge in [-0.3, -0.25) is 0 Å². The Balaban J connectivity index is 1.94. The Kier molecular flexibility index (Phi) is 4.51. The third-order valence-electron chi connectivity index (χ3n) is 4.42. The molecule has 1 aromatic heterocycles. The van der Waals surface area contributed by atoms with Crippen LogP contribution < -0.4 is 0 Å². The van der Waals surface area contributed by atoms with Crippen LogP contribution in [-0.4, -0.2) is 4.98 Å². The number of hydrogen-bond acceptors (Lipinski definition) is 1. The molecule has 0 fully saturated rings. The molecule has 0 aliphatic heterocycles. The van der Waals surface area contributed by atoms with Crippen LogP contribution in [0.25, 0.3) is 33.6 Å². The van der Waals surface area contributed by atoms with Crippen LogP contribution in [0.2, 0.25) is 0 Å². The highest BCUT2D eigenvalue weighted by Gasteiger charge is 2.10. The lowest BCUT2D eigenvalue weighted by Gasteiger charge is -2.11. The zero-order valence-corrected chi connectivity index (χ0v) is 14.8. The second kappa shape index (κ2) is 7.12. The second-order valence-electron chi connectivity index (χ2n) is 6.52. The van der Waals surface area contributed by atoms with E-state index in [1.165, 1.54) is 24.3 Å². The SMILES string of the molecule is Cc1cccc(-c2cc(-c3cccc(F)c3)cc(-c3cccc(F)c3)n2)c1. The molecule has 0 bridgehead atoms. The maximum Gasteiger partial charge on any atom is 0.123 e. The summed E-state index contributed by atoms with van der Waals surface area (Å²) in [5.74, 6) is -0.615. The standard InChI is InChI=1S/C24H17F2N/c1-16-5-2-7-18(11-16)23-14-20(17-6-3-9-21(25)12-17)15-24(27-23)19-8-4-10-22(26)13-19/h2-15H,1H3. The molecular weight excluding hydrogens is 340 g/mol. The van der Waals surface area contributed by atoms with E-state index >= 15 is 0 Å². The van der Waals surface area contributed by atoms with Crippen LogP contribution in [-0.2, 0) is 0 Å².